The molecule has 3 N–H and O–H groups in total. The number of halogens is 1. The van der Waals surface area contributed by atoms with Crippen LogP contribution in [-0.4, -0.2) is 38.6 Å². The summed E-state index contributed by atoms with van der Waals surface area (Å²) in [6.45, 7) is -0.343. The molecule has 104 valence electrons. The summed E-state index contributed by atoms with van der Waals surface area (Å²) >= 11 is 5.40. The maximum atomic E-state index is 11.7. The van der Waals surface area contributed by atoms with Crippen molar-refractivity contribution in [3.63, 3.8) is 0 Å². The number of hydrogen-bond acceptors (Lipinski definition) is 5. The monoisotopic (exact) mass is 288 g/mol. The molecule has 0 radical (unpaired) electrons. The number of nitrogens with one attached hydrogen (secondary N) is 1. The van der Waals surface area contributed by atoms with Crippen LogP contribution in [0.15, 0.2) is 21.3 Å². The first-order chi connectivity index (χ1) is 9.06. The Balaban J connectivity index is 2.38. The number of aromatic amines is 1. The molecule has 0 bridgehead atoms. The van der Waals surface area contributed by atoms with Gasteiger partial charge in [0.25, 0.3) is 5.56 Å². The molecular formula is C11H13ClN2O5. The third-order valence-corrected chi connectivity index (χ3v) is 3.06. The van der Waals surface area contributed by atoms with Gasteiger partial charge in [0.2, 0.25) is 0 Å². The Bertz CT molecular complexity index is 593. The normalized spacial score (nSPS) is 27.2. The summed E-state index contributed by atoms with van der Waals surface area (Å²) in [5.41, 5.74) is 0.142. The van der Waals surface area contributed by atoms with Gasteiger partial charge in [0.15, 0.2) is 0 Å². The molecule has 1 aromatic heterocycles. The molecule has 19 heavy (non-hydrogen) atoms. The van der Waals surface area contributed by atoms with Gasteiger partial charge in [-0.1, -0.05) is 11.6 Å². The third-order valence-electron chi connectivity index (χ3n) is 2.93. The SMILES string of the molecule is O=c1[nH]c(=O)n([C@H]2C[C@H](O)[C@@H](CO)O2)cc1/C=C\Cl. The molecule has 0 saturated carbocycles. The molecule has 2 rings (SSSR count). The first kappa shape index (κ1) is 14.0. The molecular weight excluding hydrogens is 276 g/mol. The van der Waals surface area contributed by atoms with E-state index >= 15 is 0 Å². The van der Waals surface area contributed by atoms with Crippen LogP contribution in [0.5, 0.6) is 0 Å². The number of H-pyrrole nitrogens is 1. The highest BCUT2D eigenvalue weighted by Crippen LogP contribution is 2.27. The van der Waals surface area contributed by atoms with Gasteiger partial charge in [-0.3, -0.25) is 14.3 Å². The zero-order chi connectivity index (χ0) is 14.0. The molecule has 1 saturated heterocycles. The highest BCUT2D eigenvalue weighted by Gasteiger charge is 2.35. The molecule has 1 aromatic rings. The Kier molecular flexibility index (Phi) is 4.20. The standard InChI is InChI=1S/C11H13ClN2O5/c12-2-1-6-4-14(11(18)13-10(6)17)9-3-7(16)8(5-15)19-9/h1-2,4,7-9,15-16H,3,5H2,(H,13,17,18)/b2-1-/t7-,8+,9+/m0/s1. The molecule has 0 spiro atoms. The number of hydrogen-bond donors (Lipinski definition) is 3. The van der Waals surface area contributed by atoms with Crippen molar-refractivity contribution in [1.29, 1.82) is 0 Å². The molecule has 0 amide bonds. The minimum absolute atomic E-state index is 0.154. The van der Waals surface area contributed by atoms with Gasteiger partial charge in [0, 0.05) is 18.2 Å². The predicted octanol–water partition coefficient (Wildman–Crippen LogP) is -0.613. The fraction of sp³-hybridized carbons (Fsp3) is 0.455. The van der Waals surface area contributed by atoms with Gasteiger partial charge >= 0.3 is 5.69 Å². The van der Waals surface area contributed by atoms with E-state index in [-0.39, 0.29) is 18.6 Å². The Labute approximate surface area is 112 Å². The summed E-state index contributed by atoms with van der Waals surface area (Å²) in [6, 6.07) is 0. The maximum absolute atomic E-state index is 11.7. The van der Waals surface area contributed by atoms with Gasteiger partial charge in [0.05, 0.1) is 18.3 Å². The Morgan fingerprint density at radius 2 is 2.32 bits per heavy atom. The van der Waals surface area contributed by atoms with Gasteiger partial charge < -0.3 is 14.9 Å². The molecule has 1 aliphatic heterocycles. The van der Waals surface area contributed by atoms with Crippen molar-refractivity contribution >= 4 is 17.7 Å². The lowest BCUT2D eigenvalue weighted by Crippen LogP contribution is -2.33. The lowest BCUT2D eigenvalue weighted by molar-refractivity contribution is -0.0459. The Hall–Kier alpha value is -1.41. The lowest BCUT2D eigenvalue weighted by Gasteiger charge is -2.14. The molecule has 8 heteroatoms. The predicted molar refractivity (Wildman–Crippen MR) is 67.8 cm³/mol. The van der Waals surface area contributed by atoms with Crippen molar-refractivity contribution in [2.45, 2.75) is 24.9 Å². The highest BCUT2D eigenvalue weighted by atomic mass is 35.5. The van der Waals surface area contributed by atoms with E-state index in [9.17, 15) is 14.7 Å². The number of aliphatic hydroxyl groups is 2. The average Bonchev–Trinajstić information content (AvgIpc) is 2.74. The van der Waals surface area contributed by atoms with E-state index in [1.165, 1.54) is 12.3 Å². The summed E-state index contributed by atoms with van der Waals surface area (Å²) in [6.07, 6.45) is 0.458. The molecule has 3 atom stereocenters. The molecule has 7 nitrogen and oxygen atoms in total. The Morgan fingerprint density at radius 3 is 2.89 bits per heavy atom. The summed E-state index contributed by atoms with van der Waals surface area (Å²) in [4.78, 5) is 25.3. The van der Waals surface area contributed by atoms with Crippen molar-refractivity contribution in [3.8, 4) is 0 Å². The zero-order valence-electron chi connectivity index (χ0n) is 9.82. The number of rotatable bonds is 3. The minimum Gasteiger partial charge on any atom is -0.394 e. The van der Waals surface area contributed by atoms with Crippen LogP contribution in [0.2, 0.25) is 0 Å². The number of nitrogens with zero attached hydrogens (tertiary/aromatic N) is 1. The smallest absolute Gasteiger partial charge is 0.330 e. The van der Waals surface area contributed by atoms with Crippen LogP contribution in [0.3, 0.4) is 0 Å². The van der Waals surface area contributed by atoms with Crippen LogP contribution >= 0.6 is 11.6 Å². The molecule has 1 fully saturated rings. The largest absolute Gasteiger partial charge is 0.394 e. The van der Waals surface area contributed by atoms with Crippen molar-refractivity contribution in [2.75, 3.05) is 6.61 Å². The van der Waals surface area contributed by atoms with E-state index in [1.54, 1.807) is 0 Å². The zero-order valence-corrected chi connectivity index (χ0v) is 10.6. The van der Waals surface area contributed by atoms with Crippen molar-refractivity contribution in [2.24, 2.45) is 0 Å². The minimum atomic E-state index is -0.860. The van der Waals surface area contributed by atoms with E-state index in [2.05, 4.69) is 4.98 Å². The van der Waals surface area contributed by atoms with E-state index in [1.807, 2.05) is 0 Å². The first-order valence-corrected chi connectivity index (χ1v) is 6.07. The topological polar surface area (TPSA) is 105 Å². The highest BCUT2D eigenvalue weighted by molar-refractivity contribution is 6.27. The summed E-state index contributed by atoms with van der Waals surface area (Å²) in [5.74, 6) is 0. The van der Waals surface area contributed by atoms with E-state index < -0.39 is 29.7 Å². The lowest BCUT2D eigenvalue weighted by atomic mass is 10.2. The number of ether oxygens (including phenoxy) is 1. The van der Waals surface area contributed by atoms with Crippen LogP contribution in [0.25, 0.3) is 6.08 Å². The van der Waals surface area contributed by atoms with Crippen LogP contribution in [0, 0.1) is 0 Å². The van der Waals surface area contributed by atoms with Crippen LogP contribution < -0.4 is 11.2 Å². The molecule has 1 aliphatic rings. The Morgan fingerprint density at radius 1 is 1.58 bits per heavy atom. The molecule has 0 aromatic carbocycles. The molecule has 0 aliphatic carbocycles. The van der Waals surface area contributed by atoms with Crippen LogP contribution in [0.4, 0.5) is 0 Å². The van der Waals surface area contributed by atoms with Crippen molar-refractivity contribution in [1.82, 2.24) is 9.55 Å². The average molecular weight is 289 g/mol. The second kappa shape index (κ2) is 5.70. The second-order valence-electron chi connectivity index (χ2n) is 4.16. The fourth-order valence-corrected chi connectivity index (χ4v) is 2.09. The summed E-state index contributed by atoms with van der Waals surface area (Å²) < 4.78 is 6.51. The molecule has 0 unspecified atom stereocenters. The first-order valence-electron chi connectivity index (χ1n) is 5.63. The van der Waals surface area contributed by atoms with Crippen LogP contribution in [-0.2, 0) is 4.74 Å². The van der Waals surface area contributed by atoms with Gasteiger partial charge in [-0.15, -0.1) is 0 Å². The van der Waals surface area contributed by atoms with Gasteiger partial charge in [-0.2, -0.15) is 0 Å². The summed E-state index contributed by atoms with van der Waals surface area (Å²) in [5, 5.41) is 18.6. The van der Waals surface area contributed by atoms with E-state index in [0.29, 0.717) is 0 Å². The van der Waals surface area contributed by atoms with Crippen molar-refractivity contribution in [3.05, 3.63) is 38.1 Å². The second-order valence-corrected chi connectivity index (χ2v) is 4.41. The van der Waals surface area contributed by atoms with Gasteiger partial charge in [-0.25, -0.2) is 4.79 Å². The van der Waals surface area contributed by atoms with Crippen LogP contribution in [0.1, 0.15) is 18.2 Å². The number of aromatic nitrogens is 2. The van der Waals surface area contributed by atoms with E-state index in [0.717, 1.165) is 10.1 Å². The molecule has 2 heterocycles. The fourth-order valence-electron chi connectivity index (χ4n) is 1.95. The van der Waals surface area contributed by atoms with Gasteiger partial charge in [0.1, 0.15) is 12.3 Å². The summed E-state index contributed by atoms with van der Waals surface area (Å²) in [7, 11) is 0. The quantitative estimate of drug-likeness (QED) is 0.688. The van der Waals surface area contributed by atoms with Gasteiger partial charge in [-0.05, 0) is 6.08 Å². The number of aliphatic hydroxyl groups excluding tert-OH is 2. The maximum Gasteiger partial charge on any atom is 0.330 e. The van der Waals surface area contributed by atoms with E-state index in [4.69, 9.17) is 21.4 Å². The third kappa shape index (κ3) is 2.79. The van der Waals surface area contributed by atoms with Crippen molar-refractivity contribution < 1.29 is 14.9 Å².